The third-order valence-corrected chi connectivity index (χ3v) is 7.64. The van der Waals surface area contributed by atoms with Crippen LogP contribution in [0.5, 0.6) is 5.75 Å². The lowest BCUT2D eigenvalue weighted by molar-refractivity contribution is -0.147. The second kappa shape index (κ2) is 11.0. The van der Waals surface area contributed by atoms with Crippen molar-refractivity contribution in [1.29, 1.82) is 0 Å². The van der Waals surface area contributed by atoms with Gasteiger partial charge in [0.15, 0.2) is 0 Å². The minimum atomic E-state index is -0.991. The molecular formula is C32H35NO4. The molecule has 0 bridgehead atoms. The first-order valence-electron chi connectivity index (χ1n) is 12.8. The van der Waals surface area contributed by atoms with Crippen molar-refractivity contribution < 1.29 is 19.4 Å². The lowest BCUT2D eigenvalue weighted by Crippen LogP contribution is -2.50. The van der Waals surface area contributed by atoms with Gasteiger partial charge in [-0.25, -0.2) is 0 Å². The van der Waals surface area contributed by atoms with Gasteiger partial charge in [0.2, 0.25) is 5.91 Å². The Kier molecular flexibility index (Phi) is 7.82. The predicted octanol–water partition coefficient (Wildman–Crippen LogP) is 6.35. The summed E-state index contributed by atoms with van der Waals surface area (Å²) in [6.45, 7) is 6.13. The number of hydrogen-bond donors (Lipinski definition) is 2. The molecule has 1 amide bonds. The van der Waals surface area contributed by atoms with E-state index in [4.69, 9.17) is 4.74 Å². The van der Waals surface area contributed by atoms with Crippen molar-refractivity contribution in [3.63, 3.8) is 0 Å². The van der Waals surface area contributed by atoms with E-state index in [-0.39, 0.29) is 17.7 Å². The zero-order valence-corrected chi connectivity index (χ0v) is 21.7. The second-order valence-corrected chi connectivity index (χ2v) is 10.4. The average molecular weight is 498 g/mol. The number of rotatable bonds is 9. The average Bonchev–Trinajstić information content (AvgIpc) is 2.90. The highest BCUT2D eigenvalue weighted by atomic mass is 16.5. The molecule has 0 saturated heterocycles. The van der Waals surface area contributed by atoms with Gasteiger partial charge in [0.1, 0.15) is 12.4 Å². The van der Waals surface area contributed by atoms with E-state index in [9.17, 15) is 14.7 Å². The fourth-order valence-electron chi connectivity index (χ4n) is 4.90. The Morgan fingerprint density at radius 2 is 1.86 bits per heavy atom. The van der Waals surface area contributed by atoms with Crippen molar-refractivity contribution in [3.8, 4) is 5.75 Å². The number of aliphatic carboxylic acids is 1. The summed E-state index contributed by atoms with van der Waals surface area (Å²) in [6.07, 6.45) is 14.6. The number of benzene rings is 2. The van der Waals surface area contributed by atoms with E-state index in [0.29, 0.717) is 19.4 Å². The van der Waals surface area contributed by atoms with Crippen molar-refractivity contribution in [3.05, 3.63) is 114 Å². The highest BCUT2D eigenvalue weighted by molar-refractivity contribution is 5.84. The van der Waals surface area contributed by atoms with E-state index in [1.54, 1.807) is 19.1 Å². The highest BCUT2D eigenvalue weighted by Gasteiger charge is 2.42. The van der Waals surface area contributed by atoms with Gasteiger partial charge in [0, 0.05) is 5.92 Å². The van der Waals surface area contributed by atoms with E-state index < -0.39 is 16.9 Å². The maximum atomic E-state index is 13.5. The van der Waals surface area contributed by atoms with E-state index in [0.717, 1.165) is 22.4 Å². The molecule has 37 heavy (non-hydrogen) atoms. The molecule has 2 aromatic rings. The maximum absolute atomic E-state index is 13.5. The van der Waals surface area contributed by atoms with Gasteiger partial charge in [-0.3, -0.25) is 9.59 Å². The summed E-state index contributed by atoms with van der Waals surface area (Å²) in [5, 5.41) is 13.2. The number of carboxylic acid groups (broad SMARTS) is 1. The summed E-state index contributed by atoms with van der Waals surface area (Å²) in [5.41, 5.74) is 1.39. The molecule has 0 radical (unpaired) electrons. The first kappa shape index (κ1) is 26.2. The Hall–Kier alpha value is -3.86. The quantitative estimate of drug-likeness (QED) is 0.423. The molecule has 192 valence electrons. The summed E-state index contributed by atoms with van der Waals surface area (Å²) in [5.74, 6) is -0.799. The summed E-state index contributed by atoms with van der Waals surface area (Å²) in [4.78, 5) is 25.5. The smallest absolute Gasteiger partial charge is 0.313 e. The van der Waals surface area contributed by atoms with Crippen LogP contribution in [0.3, 0.4) is 0 Å². The van der Waals surface area contributed by atoms with E-state index in [1.807, 2.05) is 98.8 Å². The molecule has 0 spiro atoms. The molecule has 4 atom stereocenters. The lowest BCUT2D eigenvalue weighted by atomic mass is 9.68. The minimum absolute atomic E-state index is 0.0796. The van der Waals surface area contributed by atoms with Crippen LogP contribution >= 0.6 is 0 Å². The number of allylic oxidation sites excluding steroid dienone is 5. The SMILES string of the molecule is CC(C(=O)NC1(C)CC=CC=C1CC1C=CC=CC1(C)C(=O)O)c1cccc(OCc2ccccc2)c1. The van der Waals surface area contributed by atoms with Crippen molar-refractivity contribution >= 4 is 11.9 Å². The monoisotopic (exact) mass is 497 g/mol. The van der Waals surface area contributed by atoms with Crippen molar-refractivity contribution in [2.45, 2.75) is 51.7 Å². The predicted molar refractivity (Wildman–Crippen MR) is 146 cm³/mol. The molecule has 5 nitrogen and oxygen atoms in total. The van der Waals surface area contributed by atoms with Crippen LogP contribution in [-0.4, -0.2) is 22.5 Å². The molecule has 5 heteroatoms. The van der Waals surface area contributed by atoms with Crippen molar-refractivity contribution in [2.75, 3.05) is 0 Å². The van der Waals surface area contributed by atoms with Crippen LogP contribution in [0, 0.1) is 11.3 Å². The van der Waals surface area contributed by atoms with E-state index in [2.05, 4.69) is 5.32 Å². The number of carbonyl (C=O) groups excluding carboxylic acids is 1. The van der Waals surface area contributed by atoms with E-state index >= 15 is 0 Å². The van der Waals surface area contributed by atoms with Crippen LogP contribution in [-0.2, 0) is 16.2 Å². The molecule has 0 fully saturated rings. The Bertz CT molecular complexity index is 1260. The zero-order chi connectivity index (χ0) is 26.5. The Morgan fingerprint density at radius 1 is 1.08 bits per heavy atom. The number of amides is 1. The van der Waals surface area contributed by atoms with Crippen LogP contribution in [0.2, 0.25) is 0 Å². The number of carboxylic acids is 1. The number of carbonyl (C=O) groups is 2. The van der Waals surface area contributed by atoms with Crippen LogP contribution in [0.4, 0.5) is 0 Å². The van der Waals surface area contributed by atoms with Crippen molar-refractivity contribution in [1.82, 2.24) is 5.32 Å². The minimum Gasteiger partial charge on any atom is -0.489 e. The molecule has 2 aromatic carbocycles. The molecule has 0 aliphatic heterocycles. The third-order valence-electron chi connectivity index (χ3n) is 7.64. The fourth-order valence-corrected chi connectivity index (χ4v) is 4.90. The third kappa shape index (κ3) is 5.93. The molecule has 2 aliphatic carbocycles. The summed E-state index contributed by atoms with van der Waals surface area (Å²) in [7, 11) is 0. The summed E-state index contributed by atoms with van der Waals surface area (Å²) in [6, 6.07) is 17.6. The van der Waals surface area contributed by atoms with Gasteiger partial charge in [-0.05, 0) is 62.4 Å². The van der Waals surface area contributed by atoms with Crippen LogP contribution in [0.1, 0.15) is 50.7 Å². The Morgan fingerprint density at radius 3 is 2.62 bits per heavy atom. The molecular weight excluding hydrogens is 462 g/mol. The lowest BCUT2D eigenvalue weighted by Gasteiger charge is -2.39. The molecule has 4 rings (SSSR count). The van der Waals surface area contributed by atoms with Gasteiger partial charge in [-0.1, -0.05) is 85.0 Å². The van der Waals surface area contributed by atoms with Gasteiger partial charge in [-0.2, -0.15) is 0 Å². The van der Waals surface area contributed by atoms with Crippen LogP contribution < -0.4 is 10.1 Å². The van der Waals surface area contributed by atoms with Gasteiger partial charge >= 0.3 is 5.97 Å². The number of ether oxygens (including phenoxy) is 1. The Labute approximate surface area is 219 Å². The van der Waals surface area contributed by atoms with Crippen LogP contribution in [0.15, 0.2) is 103 Å². The number of hydrogen-bond acceptors (Lipinski definition) is 3. The van der Waals surface area contributed by atoms with Gasteiger partial charge < -0.3 is 15.2 Å². The fraction of sp³-hybridized carbons (Fsp3) is 0.312. The molecule has 0 heterocycles. The molecule has 0 saturated carbocycles. The standard InChI is InChI=1S/C32H35NO4/c1-23(25-14-11-17-28(20-25)37-22-24-12-5-4-6-13-24)29(34)33-32(3)19-10-8-16-27(32)21-26-15-7-9-18-31(26,2)30(35)36/h4-18,20,23,26H,19,21-22H2,1-3H3,(H,33,34)(H,35,36). The summed E-state index contributed by atoms with van der Waals surface area (Å²) >= 11 is 0. The van der Waals surface area contributed by atoms with Crippen LogP contribution in [0.25, 0.3) is 0 Å². The topological polar surface area (TPSA) is 75.6 Å². The zero-order valence-electron chi connectivity index (χ0n) is 21.7. The van der Waals surface area contributed by atoms with Gasteiger partial charge in [0.05, 0.1) is 16.9 Å². The largest absolute Gasteiger partial charge is 0.489 e. The molecule has 0 aromatic heterocycles. The molecule has 4 unspecified atom stereocenters. The Balaban J connectivity index is 1.45. The molecule has 2 N–H and O–H groups in total. The second-order valence-electron chi connectivity index (χ2n) is 10.4. The maximum Gasteiger partial charge on any atom is 0.313 e. The summed E-state index contributed by atoms with van der Waals surface area (Å²) < 4.78 is 5.96. The highest BCUT2D eigenvalue weighted by Crippen LogP contribution is 2.41. The molecule has 2 aliphatic rings. The first-order valence-corrected chi connectivity index (χ1v) is 12.8. The van der Waals surface area contributed by atoms with Gasteiger partial charge in [0.25, 0.3) is 0 Å². The normalized spacial score (nSPS) is 25.3. The van der Waals surface area contributed by atoms with E-state index in [1.165, 1.54) is 0 Å². The van der Waals surface area contributed by atoms with Gasteiger partial charge in [-0.15, -0.1) is 0 Å². The first-order chi connectivity index (χ1) is 17.7. The van der Waals surface area contributed by atoms with Crippen molar-refractivity contribution in [2.24, 2.45) is 11.3 Å². The number of nitrogens with one attached hydrogen (secondary N) is 1.